The van der Waals surface area contributed by atoms with Gasteiger partial charge in [-0.05, 0) is 48.7 Å². The van der Waals surface area contributed by atoms with Gasteiger partial charge in [0.05, 0.1) is 18.7 Å². The molecule has 5 nitrogen and oxygen atoms in total. The number of aryl methyl sites for hydroxylation is 1. The number of carbonyl (C=O) groups is 2. The van der Waals surface area contributed by atoms with E-state index < -0.39 is 5.97 Å². The molecule has 2 rings (SSSR count). The Labute approximate surface area is 148 Å². The van der Waals surface area contributed by atoms with Gasteiger partial charge in [-0.1, -0.05) is 31.2 Å². The first kappa shape index (κ1) is 18.5. The van der Waals surface area contributed by atoms with Crippen LogP contribution in [0.15, 0.2) is 48.5 Å². The molecule has 2 aromatic carbocycles. The molecule has 0 aliphatic rings. The summed E-state index contributed by atoms with van der Waals surface area (Å²) in [5, 5.41) is 2.80. The van der Waals surface area contributed by atoms with Crippen LogP contribution in [0.3, 0.4) is 0 Å². The zero-order valence-electron chi connectivity index (χ0n) is 14.7. The second-order valence-electron chi connectivity index (χ2n) is 5.69. The van der Waals surface area contributed by atoms with E-state index in [2.05, 4.69) is 5.32 Å². The number of amides is 1. The van der Waals surface area contributed by atoms with Gasteiger partial charge in [-0.15, -0.1) is 0 Å². The standard InChI is InChI=1S/C20H23NO4/c1-4-15-8-10-16(11-9-15)20(23)25-13-19(22)21-14(2)17-6-5-7-18(12-17)24-3/h5-12,14H,4,13H2,1-3H3,(H,21,22). The summed E-state index contributed by atoms with van der Waals surface area (Å²) >= 11 is 0. The normalized spacial score (nSPS) is 11.5. The molecule has 2 aromatic rings. The Morgan fingerprint density at radius 2 is 1.84 bits per heavy atom. The van der Waals surface area contributed by atoms with Gasteiger partial charge in [-0.25, -0.2) is 4.79 Å². The maximum Gasteiger partial charge on any atom is 0.338 e. The Morgan fingerprint density at radius 3 is 2.48 bits per heavy atom. The van der Waals surface area contributed by atoms with Crippen molar-refractivity contribution in [1.82, 2.24) is 5.32 Å². The SMILES string of the molecule is CCc1ccc(C(=O)OCC(=O)NC(C)c2cccc(OC)c2)cc1. The highest BCUT2D eigenvalue weighted by molar-refractivity contribution is 5.91. The molecule has 0 aliphatic heterocycles. The average molecular weight is 341 g/mol. The maximum atomic E-state index is 12.0. The van der Waals surface area contributed by atoms with Gasteiger partial charge in [-0.2, -0.15) is 0 Å². The van der Waals surface area contributed by atoms with E-state index in [1.165, 1.54) is 0 Å². The van der Waals surface area contributed by atoms with Gasteiger partial charge in [0, 0.05) is 0 Å². The number of hydrogen-bond acceptors (Lipinski definition) is 4. The Morgan fingerprint density at radius 1 is 1.12 bits per heavy atom. The summed E-state index contributed by atoms with van der Waals surface area (Å²) < 4.78 is 10.2. The number of methoxy groups -OCH3 is 1. The second kappa shape index (κ2) is 8.87. The van der Waals surface area contributed by atoms with Crippen LogP contribution in [0.1, 0.15) is 41.4 Å². The Kier molecular flexibility index (Phi) is 6.57. The molecular weight excluding hydrogens is 318 g/mol. The van der Waals surface area contributed by atoms with Gasteiger partial charge in [0.25, 0.3) is 5.91 Å². The number of esters is 1. The van der Waals surface area contributed by atoms with Gasteiger partial charge in [0.2, 0.25) is 0 Å². The van der Waals surface area contributed by atoms with Crippen LogP contribution >= 0.6 is 0 Å². The van der Waals surface area contributed by atoms with Crippen molar-refractivity contribution in [3.8, 4) is 5.75 Å². The fourth-order valence-electron chi connectivity index (χ4n) is 2.37. The molecule has 0 heterocycles. The maximum absolute atomic E-state index is 12.0. The summed E-state index contributed by atoms with van der Waals surface area (Å²) in [6.07, 6.45) is 0.903. The highest BCUT2D eigenvalue weighted by Crippen LogP contribution is 2.18. The number of carbonyl (C=O) groups excluding carboxylic acids is 2. The number of ether oxygens (including phenoxy) is 2. The van der Waals surface area contributed by atoms with Crippen molar-refractivity contribution in [3.63, 3.8) is 0 Å². The lowest BCUT2D eigenvalue weighted by Gasteiger charge is -2.15. The summed E-state index contributed by atoms with van der Waals surface area (Å²) in [6.45, 7) is 3.59. The van der Waals surface area contributed by atoms with Crippen LogP contribution in [0, 0.1) is 0 Å². The largest absolute Gasteiger partial charge is 0.497 e. The van der Waals surface area contributed by atoms with E-state index in [1.807, 2.05) is 50.2 Å². The topological polar surface area (TPSA) is 64.6 Å². The van der Waals surface area contributed by atoms with Crippen molar-refractivity contribution < 1.29 is 19.1 Å². The van der Waals surface area contributed by atoms with Crippen molar-refractivity contribution in [1.29, 1.82) is 0 Å². The molecule has 1 N–H and O–H groups in total. The first-order valence-electron chi connectivity index (χ1n) is 8.23. The summed E-state index contributed by atoms with van der Waals surface area (Å²) in [5.41, 5.74) is 2.49. The van der Waals surface area contributed by atoms with E-state index in [1.54, 1.807) is 19.2 Å². The number of hydrogen-bond donors (Lipinski definition) is 1. The molecule has 0 saturated carbocycles. The second-order valence-corrected chi connectivity index (χ2v) is 5.69. The molecule has 0 aromatic heterocycles. The van der Waals surface area contributed by atoms with E-state index in [0.717, 1.165) is 23.3 Å². The lowest BCUT2D eigenvalue weighted by Crippen LogP contribution is -2.31. The predicted octanol–water partition coefficient (Wildman–Crippen LogP) is 3.29. The molecule has 0 aliphatic carbocycles. The van der Waals surface area contributed by atoms with E-state index in [4.69, 9.17) is 9.47 Å². The Balaban J connectivity index is 1.85. The van der Waals surface area contributed by atoms with E-state index in [9.17, 15) is 9.59 Å². The van der Waals surface area contributed by atoms with Crippen molar-refractivity contribution in [2.24, 2.45) is 0 Å². The van der Waals surface area contributed by atoms with Crippen molar-refractivity contribution >= 4 is 11.9 Å². The predicted molar refractivity (Wildman–Crippen MR) is 95.7 cm³/mol. The van der Waals surface area contributed by atoms with Crippen LogP contribution in [0.5, 0.6) is 5.75 Å². The smallest absolute Gasteiger partial charge is 0.338 e. The Hall–Kier alpha value is -2.82. The minimum atomic E-state index is -0.508. The molecule has 1 unspecified atom stereocenters. The quantitative estimate of drug-likeness (QED) is 0.785. The molecule has 1 amide bonds. The summed E-state index contributed by atoms with van der Waals surface area (Å²) in [5.74, 6) is -0.138. The molecule has 0 radical (unpaired) electrons. The molecule has 132 valence electrons. The van der Waals surface area contributed by atoms with Gasteiger partial charge < -0.3 is 14.8 Å². The molecule has 25 heavy (non-hydrogen) atoms. The molecule has 0 spiro atoms. The molecule has 0 fully saturated rings. The van der Waals surface area contributed by atoms with Crippen LogP contribution in [0.2, 0.25) is 0 Å². The minimum Gasteiger partial charge on any atom is -0.497 e. The lowest BCUT2D eigenvalue weighted by atomic mass is 10.1. The lowest BCUT2D eigenvalue weighted by molar-refractivity contribution is -0.124. The van der Waals surface area contributed by atoms with E-state index in [-0.39, 0.29) is 18.6 Å². The highest BCUT2D eigenvalue weighted by atomic mass is 16.5. The minimum absolute atomic E-state index is 0.217. The number of rotatable bonds is 7. The fraction of sp³-hybridized carbons (Fsp3) is 0.300. The first-order chi connectivity index (χ1) is 12.0. The van der Waals surface area contributed by atoms with E-state index in [0.29, 0.717) is 5.56 Å². The molecule has 5 heteroatoms. The van der Waals surface area contributed by atoms with Crippen LogP contribution in [0.4, 0.5) is 0 Å². The van der Waals surface area contributed by atoms with Gasteiger partial charge >= 0.3 is 5.97 Å². The first-order valence-corrected chi connectivity index (χ1v) is 8.23. The number of benzene rings is 2. The monoisotopic (exact) mass is 341 g/mol. The van der Waals surface area contributed by atoms with Crippen molar-refractivity contribution in [3.05, 3.63) is 65.2 Å². The Bertz CT molecular complexity index is 725. The van der Waals surface area contributed by atoms with Gasteiger partial charge in [0.15, 0.2) is 6.61 Å². The zero-order valence-corrected chi connectivity index (χ0v) is 14.7. The highest BCUT2D eigenvalue weighted by Gasteiger charge is 2.13. The third-order valence-corrected chi connectivity index (χ3v) is 3.90. The third kappa shape index (κ3) is 5.35. The average Bonchev–Trinajstić information content (AvgIpc) is 2.66. The zero-order chi connectivity index (χ0) is 18.2. The van der Waals surface area contributed by atoms with Crippen LogP contribution in [-0.4, -0.2) is 25.6 Å². The van der Waals surface area contributed by atoms with Crippen LogP contribution in [-0.2, 0) is 16.0 Å². The number of nitrogens with one attached hydrogen (secondary N) is 1. The summed E-state index contributed by atoms with van der Waals surface area (Å²) in [7, 11) is 1.59. The summed E-state index contributed by atoms with van der Waals surface area (Å²) in [4.78, 5) is 24.0. The molecular formula is C20H23NO4. The molecule has 0 bridgehead atoms. The van der Waals surface area contributed by atoms with Crippen LogP contribution in [0.25, 0.3) is 0 Å². The molecule has 1 atom stereocenters. The van der Waals surface area contributed by atoms with Gasteiger partial charge in [0.1, 0.15) is 5.75 Å². The van der Waals surface area contributed by atoms with Gasteiger partial charge in [-0.3, -0.25) is 4.79 Å². The summed E-state index contributed by atoms with van der Waals surface area (Å²) in [6, 6.07) is 14.4. The third-order valence-electron chi connectivity index (χ3n) is 3.90. The van der Waals surface area contributed by atoms with Crippen molar-refractivity contribution in [2.45, 2.75) is 26.3 Å². The molecule has 0 saturated heterocycles. The van der Waals surface area contributed by atoms with E-state index >= 15 is 0 Å². The van der Waals surface area contributed by atoms with Crippen molar-refractivity contribution in [2.75, 3.05) is 13.7 Å². The van der Waals surface area contributed by atoms with Crippen LogP contribution < -0.4 is 10.1 Å². The fourth-order valence-corrected chi connectivity index (χ4v) is 2.37.